The molecule has 3 rings (SSSR count). The summed E-state index contributed by atoms with van der Waals surface area (Å²) in [6.45, 7) is -0.422. The highest BCUT2D eigenvalue weighted by Crippen LogP contribution is 2.40. The van der Waals surface area contributed by atoms with Gasteiger partial charge < -0.3 is 20.3 Å². The molecule has 1 aromatic rings. The average molecular weight is 483 g/mol. The predicted molar refractivity (Wildman–Crippen MR) is 112 cm³/mol. The third-order valence-electron chi connectivity index (χ3n) is 4.80. The van der Waals surface area contributed by atoms with E-state index in [1.165, 1.54) is 11.8 Å². The molecule has 12 heteroatoms. The van der Waals surface area contributed by atoms with Crippen molar-refractivity contribution >= 4 is 52.9 Å². The van der Waals surface area contributed by atoms with Crippen LogP contribution in [0.3, 0.4) is 0 Å². The number of amides is 2. The summed E-state index contributed by atoms with van der Waals surface area (Å²) in [5.41, 5.74) is 0.179. The third kappa shape index (κ3) is 4.95. The number of rotatable bonds is 9. The summed E-state index contributed by atoms with van der Waals surface area (Å²) in [5.74, 6) is -4.38. The minimum absolute atomic E-state index is 0.123. The number of benzene rings is 1. The number of carboxylic acid groups (broad SMARTS) is 1. The Morgan fingerprint density at radius 2 is 1.94 bits per heavy atom. The van der Waals surface area contributed by atoms with Crippen LogP contribution in [0.15, 0.2) is 41.6 Å². The number of ether oxygens (including phenoxy) is 1. The van der Waals surface area contributed by atoms with E-state index in [2.05, 4.69) is 5.32 Å². The minimum Gasteiger partial charge on any atom is -0.477 e. The van der Waals surface area contributed by atoms with Crippen LogP contribution in [0, 0.1) is 0 Å². The zero-order valence-corrected chi connectivity index (χ0v) is 18.1. The van der Waals surface area contributed by atoms with Gasteiger partial charge in [0.15, 0.2) is 11.9 Å². The summed E-state index contributed by atoms with van der Waals surface area (Å²) in [5, 5.41) is 21.5. The standard InChI is InChI=1S/C20H19ClN2O8S/c21-7-12(24)6-13(25)22-14-17(27)23-15(19(28)29)11(9-32-18(14)23)8-31-20(30)16(26)10-4-2-1-3-5-10/h1-5,14,16,18,26H,6-9H2,(H,22,25)(H,28,29)/t14?,16?,18-/m1/s1. The molecular weight excluding hydrogens is 464 g/mol. The number of esters is 1. The number of β-lactam (4-membered cyclic amide) rings is 1. The highest BCUT2D eigenvalue weighted by Gasteiger charge is 2.54. The van der Waals surface area contributed by atoms with Crippen molar-refractivity contribution in [1.29, 1.82) is 0 Å². The quantitative estimate of drug-likeness (QED) is 0.194. The first-order chi connectivity index (χ1) is 15.2. The fourth-order valence-corrected chi connectivity index (χ4v) is 4.68. The van der Waals surface area contributed by atoms with Crippen molar-refractivity contribution in [3.63, 3.8) is 0 Å². The number of carbonyl (C=O) groups is 5. The maximum absolute atomic E-state index is 12.5. The van der Waals surface area contributed by atoms with E-state index >= 15 is 0 Å². The van der Waals surface area contributed by atoms with Crippen molar-refractivity contribution in [2.75, 3.05) is 18.2 Å². The fraction of sp³-hybridized carbons (Fsp3) is 0.350. The second kappa shape index (κ2) is 10.2. The molecule has 0 aromatic heterocycles. The number of hydrogen-bond donors (Lipinski definition) is 3. The molecule has 3 N–H and O–H groups in total. The van der Waals surface area contributed by atoms with E-state index in [9.17, 15) is 34.2 Å². The van der Waals surface area contributed by atoms with Gasteiger partial charge in [0, 0.05) is 11.3 Å². The van der Waals surface area contributed by atoms with Gasteiger partial charge in [0.2, 0.25) is 5.91 Å². The lowest BCUT2D eigenvalue weighted by Gasteiger charge is -2.49. The van der Waals surface area contributed by atoms with Crippen LogP contribution in [0.4, 0.5) is 0 Å². The normalized spacial score (nSPS) is 20.7. The molecule has 0 spiro atoms. The van der Waals surface area contributed by atoms with Crippen LogP contribution in [0.5, 0.6) is 0 Å². The number of alkyl halides is 1. The molecule has 2 unspecified atom stereocenters. The van der Waals surface area contributed by atoms with E-state index < -0.39 is 60.1 Å². The largest absolute Gasteiger partial charge is 0.477 e. The number of aliphatic carboxylic acids is 1. The van der Waals surface area contributed by atoms with Crippen molar-refractivity contribution in [3.05, 3.63) is 47.2 Å². The Bertz CT molecular complexity index is 983. The number of aliphatic hydroxyl groups excluding tert-OH is 1. The summed E-state index contributed by atoms with van der Waals surface area (Å²) in [6.07, 6.45) is -2.01. The molecule has 1 aromatic carbocycles. The second-order valence-electron chi connectivity index (χ2n) is 6.98. The van der Waals surface area contributed by atoms with Gasteiger partial charge in [0.1, 0.15) is 23.7 Å². The number of aliphatic hydroxyl groups is 1. The van der Waals surface area contributed by atoms with Crippen molar-refractivity contribution in [3.8, 4) is 0 Å². The maximum Gasteiger partial charge on any atom is 0.352 e. The zero-order chi connectivity index (χ0) is 23.4. The maximum atomic E-state index is 12.5. The number of carboxylic acids is 1. The molecule has 1 fully saturated rings. The van der Waals surface area contributed by atoms with Gasteiger partial charge in [0.05, 0.1) is 12.3 Å². The third-order valence-corrected chi connectivity index (χ3v) is 6.44. The van der Waals surface area contributed by atoms with Gasteiger partial charge in [0.25, 0.3) is 5.91 Å². The molecule has 0 radical (unpaired) electrons. The monoisotopic (exact) mass is 482 g/mol. The molecule has 2 aliphatic heterocycles. The second-order valence-corrected chi connectivity index (χ2v) is 8.35. The lowest BCUT2D eigenvalue weighted by molar-refractivity contribution is -0.154. The number of Topliss-reactive ketones (excluding diaryl/α,β-unsaturated/α-hetero) is 1. The fourth-order valence-electron chi connectivity index (χ4n) is 3.25. The van der Waals surface area contributed by atoms with Gasteiger partial charge in [-0.15, -0.1) is 23.4 Å². The first-order valence-corrected chi connectivity index (χ1v) is 11.0. The molecule has 0 saturated carbocycles. The summed E-state index contributed by atoms with van der Waals surface area (Å²) in [7, 11) is 0. The van der Waals surface area contributed by atoms with Crippen LogP contribution in [0.1, 0.15) is 18.1 Å². The van der Waals surface area contributed by atoms with Gasteiger partial charge in [-0.2, -0.15) is 0 Å². The molecule has 170 valence electrons. The lowest BCUT2D eigenvalue weighted by Crippen LogP contribution is -2.70. The first-order valence-electron chi connectivity index (χ1n) is 9.41. The molecule has 32 heavy (non-hydrogen) atoms. The van der Waals surface area contributed by atoms with Crippen LogP contribution in [-0.4, -0.2) is 74.3 Å². The number of fused-ring (bicyclic) bond motifs is 1. The number of hydrogen-bond acceptors (Lipinski definition) is 8. The average Bonchev–Trinajstić information content (AvgIpc) is 2.79. The predicted octanol–water partition coefficient (Wildman–Crippen LogP) is 0.200. The van der Waals surface area contributed by atoms with Gasteiger partial charge in [-0.3, -0.25) is 19.3 Å². The van der Waals surface area contributed by atoms with E-state index in [-0.39, 0.29) is 22.9 Å². The Morgan fingerprint density at radius 3 is 2.56 bits per heavy atom. The van der Waals surface area contributed by atoms with E-state index in [4.69, 9.17) is 16.3 Å². The molecule has 10 nitrogen and oxygen atoms in total. The molecule has 1 saturated heterocycles. The Balaban J connectivity index is 1.67. The minimum atomic E-state index is -1.53. The zero-order valence-electron chi connectivity index (χ0n) is 16.5. The molecule has 2 amide bonds. The molecule has 0 aliphatic carbocycles. The number of thioether (sulfide) groups is 1. The summed E-state index contributed by atoms with van der Waals surface area (Å²) >= 11 is 6.55. The smallest absolute Gasteiger partial charge is 0.352 e. The van der Waals surface area contributed by atoms with E-state index in [1.807, 2.05) is 0 Å². The van der Waals surface area contributed by atoms with Crippen LogP contribution in [0.25, 0.3) is 0 Å². The van der Waals surface area contributed by atoms with Crippen LogP contribution in [-0.2, 0) is 28.7 Å². The number of ketones is 1. The highest BCUT2D eigenvalue weighted by atomic mass is 35.5. The molecule has 3 atom stereocenters. The molecule has 2 aliphatic rings. The Labute approximate surface area is 191 Å². The molecule has 0 bridgehead atoms. The van der Waals surface area contributed by atoms with Crippen LogP contribution >= 0.6 is 23.4 Å². The highest BCUT2D eigenvalue weighted by molar-refractivity contribution is 8.00. The van der Waals surface area contributed by atoms with Crippen molar-refractivity contribution < 1.29 is 38.9 Å². The van der Waals surface area contributed by atoms with E-state index in [1.54, 1.807) is 30.3 Å². The number of nitrogens with zero attached hydrogens (tertiary/aromatic N) is 1. The molecule has 2 heterocycles. The SMILES string of the molecule is O=C(CCl)CC(=O)NC1C(=O)N2C(C(=O)O)=C(COC(=O)C(O)c3ccccc3)CS[C@H]12. The Hall–Kier alpha value is -2.89. The summed E-state index contributed by atoms with van der Waals surface area (Å²) in [6, 6.07) is 7.12. The summed E-state index contributed by atoms with van der Waals surface area (Å²) < 4.78 is 5.09. The summed E-state index contributed by atoms with van der Waals surface area (Å²) in [4.78, 5) is 60.7. The lowest BCUT2D eigenvalue weighted by atomic mass is 10.0. The molecular formula is C20H19ClN2O8S. The number of nitrogens with one attached hydrogen (secondary N) is 1. The van der Waals surface area contributed by atoms with Crippen LogP contribution in [0.2, 0.25) is 0 Å². The number of carbonyl (C=O) groups excluding carboxylic acids is 4. The van der Waals surface area contributed by atoms with Crippen LogP contribution < -0.4 is 5.32 Å². The first kappa shape index (κ1) is 23.8. The topological polar surface area (TPSA) is 150 Å². The van der Waals surface area contributed by atoms with Gasteiger partial charge >= 0.3 is 11.9 Å². The van der Waals surface area contributed by atoms with Crippen molar-refractivity contribution in [2.24, 2.45) is 0 Å². The van der Waals surface area contributed by atoms with E-state index in [0.717, 1.165) is 4.90 Å². The number of halogens is 1. The van der Waals surface area contributed by atoms with Gasteiger partial charge in [-0.25, -0.2) is 9.59 Å². The van der Waals surface area contributed by atoms with Crippen molar-refractivity contribution in [1.82, 2.24) is 10.2 Å². The van der Waals surface area contributed by atoms with Gasteiger partial charge in [-0.1, -0.05) is 30.3 Å². The van der Waals surface area contributed by atoms with Crippen molar-refractivity contribution in [2.45, 2.75) is 23.9 Å². The van der Waals surface area contributed by atoms with E-state index in [0.29, 0.717) is 5.56 Å². The Kier molecular flexibility index (Phi) is 7.54. The Morgan fingerprint density at radius 1 is 1.25 bits per heavy atom. The van der Waals surface area contributed by atoms with Gasteiger partial charge in [-0.05, 0) is 5.56 Å².